The number of methoxy groups -OCH3 is 1. The molecule has 2 aromatic carbocycles. The van der Waals surface area contributed by atoms with E-state index < -0.39 is 0 Å². The van der Waals surface area contributed by atoms with Gasteiger partial charge in [-0.2, -0.15) is 0 Å². The molecule has 0 unspecified atom stereocenters. The molecule has 3 N–H and O–H groups in total. The summed E-state index contributed by atoms with van der Waals surface area (Å²) in [5.41, 5.74) is 1.82. The van der Waals surface area contributed by atoms with Crippen molar-refractivity contribution in [1.82, 2.24) is 5.32 Å². The van der Waals surface area contributed by atoms with Gasteiger partial charge in [-0.3, -0.25) is 0 Å². The monoisotopic (exact) mass is 337 g/mol. The highest BCUT2D eigenvalue weighted by molar-refractivity contribution is 9.10. The van der Waals surface area contributed by atoms with Crippen LogP contribution in [0.3, 0.4) is 0 Å². The molecule has 0 aliphatic heterocycles. The molecule has 2 rings (SSSR count). The molecule has 4 nitrogen and oxygen atoms in total. The van der Waals surface area contributed by atoms with Crippen LogP contribution in [0.1, 0.15) is 11.1 Å². The van der Waals surface area contributed by atoms with Gasteiger partial charge < -0.3 is 20.3 Å². The van der Waals surface area contributed by atoms with Crippen molar-refractivity contribution >= 4 is 15.9 Å². The zero-order chi connectivity index (χ0) is 14.5. The van der Waals surface area contributed by atoms with Gasteiger partial charge in [-0.1, -0.05) is 18.2 Å². The van der Waals surface area contributed by atoms with Gasteiger partial charge in [0, 0.05) is 18.7 Å². The molecule has 2 aromatic rings. The molecule has 0 spiro atoms. The van der Waals surface area contributed by atoms with Crippen molar-refractivity contribution in [2.75, 3.05) is 7.11 Å². The molecule has 106 valence electrons. The summed E-state index contributed by atoms with van der Waals surface area (Å²) in [6.45, 7) is 1.16. The van der Waals surface area contributed by atoms with Crippen molar-refractivity contribution in [2.24, 2.45) is 0 Å². The highest BCUT2D eigenvalue weighted by Gasteiger charge is 2.08. The predicted octanol–water partition coefficient (Wildman–Crippen LogP) is 3.16. The van der Waals surface area contributed by atoms with Crippen molar-refractivity contribution in [3.05, 3.63) is 52.0 Å². The fraction of sp³-hybridized carbons (Fsp3) is 0.200. The van der Waals surface area contributed by atoms with Crippen LogP contribution in [0.15, 0.2) is 40.9 Å². The largest absolute Gasteiger partial charge is 0.508 e. The topological polar surface area (TPSA) is 61.7 Å². The molecule has 0 amide bonds. The number of hydrogen-bond donors (Lipinski definition) is 3. The average Bonchev–Trinajstić information content (AvgIpc) is 2.44. The molecular formula is C15H16BrNO3. The lowest BCUT2D eigenvalue weighted by Crippen LogP contribution is -2.12. The SMILES string of the molecule is COc1cc(CNCc2ccccc2O)cc(Br)c1O. The van der Waals surface area contributed by atoms with E-state index in [2.05, 4.69) is 21.2 Å². The first-order valence-electron chi connectivity index (χ1n) is 6.14. The smallest absolute Gasteiger partial charge is 0.172 e. The lowest BCUT2D eigenvalue weighted by molar-refractivity contribution is 0.371. The van der Waals surface area contributed by atoms with Gasteiger partial charge in [-0.05, 0) is 39.7 Å². The molecule has 0 saturated carbocycles. The van der Waals surface area contributed by atoms with Crippen LogP contribution in [0.5, 0.6) is 17.2 Å². The number of aromatic hydroxyl groups is 2. The van der Waals surface area contributed by atoms with Gasteiger partial charge in [0.25, 0.3) is 0 Å². The lowest BCUT2D eigenvalue weighted by Gasteiger charge is -2.10. The molecule has 0 bridgehead atoms. The Hall–Kier alpha value is -1.72. The van der Waals surface area contributed by atoms with Gasteiger partial charge in [-0.15, -0.1) is 0 Å². The Bertz CT molecular complexity index is 602. The van der Waals surface area contributed by atoms with Crippen molar-refractivity contribution in [1.29, 1.82) is 0 Å². The molecule has 0 aliphatic rings. The second kappa shape index (κ2) is 6.63. The van der Waals surface area contributed by atoms with E-state index in [1.165, 1.54) is 7.11 Å². The summed E-state index contributed by atoms with van der Waals surface area (Å²) in [6, 6.07) is 10.8. The number of phenolic OH excluding ortho intramolecular Hbond substituents is 2. The van der Waals surface area contributed by atoms with Crippen LogP contribution in [0, 0.1) is 0 Å². The highest BCUT2D eigenvalue weighted by atomic mass is 79.9. The zero-order valence-electron chi connectivity index (χ0n) is 11.1. The molecular weight excluding hydrogens is 322 g/mol. The second-order valence-electron chi connectivity index (χ2n) is 4.36. The number of rotatable bonds is 5. The van der Waals surface area contributed by atoms with Gasteiger partial charge >= 0.3 is 0 Å². The molecule has 0 aliphatic carbocycles. The molecule has 0 saturated heterocycles. The van der Waals surface area contributed by atoms with Crippen LogP contribution in [-0.4, -0.2) is 17.3 Å². The van der Waals surface area contributed by atoms with Crippen molar-refractivity contribution in [3.8, 4) is 17.2 Å². The van der Waals surface area contributed by atoms with Crippen LogP contribution in [0.2, 0.25) is 0 Å². The summed E-state index contributed by atoms with van der Waals surface area (Å²) >= 11 is 3.29. The van der Waals surface area contributed by atoms with Gasteiger partial charge in [-0.25, -0.2) is 0 Å². The first-order chi connectivity index (χ1) is 9.61. The third kappa shape index (κ3) is 3.43. The van der Waals surface area contributed by atoms with Crippen molar-refractivity contribution in [2.45, 2.75) is 13.1 Å². The summed E-state index contributed by atoms with van der Waals surface area (Å²) in [5.74, 6) is 0.806. The molecule has 0 atom stereocenters. The van der Waals surface area contributed by atoms with E-state index in [4.69, 9.17) is 4.74 Å². The Morgan fingerprint density at radius 3 is 2.60 bits per heavy atom. The summed E-state index contributed by atoms with van der Waals surface area (Å²) < 4.78 is 5.70. The van der Waals surface area contributed by atoms with E-state index in [0.717, 1.165) is 11.1 Å². The Labute approximate surface area is 126 Å². The fourth-order valence-corrected chi connectivity index (χ4v) is 2.38. The maximum Gasteiger partial charge on any atom is 0.172 e. The first-order valence-corrected chi connectivity index (χ1v) is 6.94. The summed E-state index contributed by atoms with van der Waals surface area (Å²) in [7, 11) is 1.51. The standard InChI is InChI=1S/C15H16BrNO3/c1-20-14-7-10(6-12(16)15(14)19)8-17-9-11-4-2-3-5-13(11)18/h2-7,17-19H,8-9H2,1H3. The van der Waals surface area contributed by atoms with E-state index in [1.54, 1.807) is 18.2 Å². The van der Waals surface area contributed by atoms with Crippen LogP contribution in [0.25, 0.3) is 0 Å². The molecule has 20 heavy (non-hydrogen) atoms. The molecule has 0 heterocycles. The van der Waals surface area contributed by atoms with Crippen molar-refractivity contribution < 1.29 is 14.9 Å². The molecule has 0 fully saturated rings. The number of phenols is 2. The molecule has 0 aromatic heterocycles. The predicted molar refractivity (Wildman–Crippen MR) is 81.0 cm³/mol. The van der Waals surface area contributed by atoms with E-state index in [0.29, 0.717) is 23.3 Å². The first kappa shape index (κ1) is 14.7. The quantitative estimate of drug-likeness (QED) is 0.784. The van der Waals surface area contributed by atoms with E-state index in [-0.39, 0.29) is 11.5 Å². The van der Waals surface area contributed by atoms with Crippen LogP contribution < -0.4 is 10.1 Å². The number of nitrogens with one attached hydrogen (secondary N) is 1. The van der Waals surface area contributed by atoms with Crippen LogP contribution in [-0.2, 0) is 13.1 Å². The Morgan fingerprint density at radius 1 is 1.15 bits per heavy atom. The number of para-hydroxylation sites is 1. The Kier molecular flexibility index (Phi) is 4.87. The van der Waals surface area contributed by atoms with Crippen LogP contribution >= 0.6 is 15.9 Å². The number of halogens is 1. The zero-order valence-corrected chi connectivity index (χ0v) is 12.6. The van der Waals surface area contributed by atoms with E-state index >= 15 is 0 Å². The number of hydrogen-bond acceptors (Lipinski definition) is 4. The van der Waals surface area contributed by atoms with E-state index in [9.17, 15) is 10.2 Å². The maximum atomic E-state index is 9.74. The maximum absolute atomic E-state index is 9.74. The minimum atomic E-state index is 0.0944. The second-order valence-corrected chi connectivity index (χ2v) is 5.22. The minimum Gasteiger partial charge on any atom is -0.508 e. The third-order valence-electron chi connectivity index (χ3n) is 2.94. The Balaban J connectivity index is 2.01. The summed E-state index contributed by atoms with van der Waals surface area (Å²) in [5, 5.41) is 22.6. The molecule has 0 radical (unpaired) electrons. The van der Waals surface area contributed by atoms with E-state index in [1.807, 2.05) is 18.2 Å². The number of ether oxygens (including phenoxy) is 1. The minimum absolute atomic E-state index is 0.0944. The lowest BCUT2D eigenvalue weighted by atomic mass is 10.1. The summed E-state index contributed by atoms with van der Waals surface area (Å²) in [4.78, 5) is 0. The highest BCUT2D eigenvalue weighted by Crippen LogP contribution is 2.35. The fourth-order valence-electron chi connectivity index (χ4n) is 1.89. The molecule has 5 heteroatoms. The van der Waals surface area contributed by atoms with Gasteiger partial charge in [0.2, 0.25) is 0 Å². The normalized spacial score (nSPS) is 10.5. The van der Waals surface area contributed by atoms with Gasteiger partial charge in [0.15, 0.2) is 11.5 Å². The number of benzene rings is 2. The Morgan fingerprint density at radius 2 is 1.90 bits per heavy atom. The summed E-state index contributed by atoms with van der Waals surface area (Å²) in [6.07, 6.45) is 0. The van der Waals surface area contributed by atoms with Gasteiger partial charge in [0.05, 0.1) is 11.6 Å². The van der Waals surface area contributed by atoms with Gasteiger partial charge in [0.1, 0.15) is 5.75 Å². The average molecular weight is 338 g/mol. The van der Waals surface area contributed by atoms with Crippen molar-refractivity contribution in [3.63, 3.8) is 0 Å². The van der Waals surface area contributed by atoms with Crippen LogP contribution in [0.4, 0.5) is 0 Å². The third-order valence-corrected chi connectivity index (χ3v) is 3.55.